The van der Waals surface area contributed by atoms with Gasteiger partial charge in [-0.2, -0.15) is 11.8 Å². The SMILES string of the molecule is CSCCCCn1cncc1C1(C)CCNC1. The second-order valence-electron chi connectivity index (χ2n) is 5.16. The molecule has 0 saturated carbocycles. The first-order valence-electron chi connectivity index (χ1n) is 6.46. The van der Waals surface area contributed by atoms with Crippen molar-refractivity contribution in [1.82, 2.24) is 14.9 Å². The Morgan fingerprint density at radius 1 is 1.53 bits per heavy atom. The zero-order chi connectivity index (χ0) is 12.1. The molecule has 1 saturated heterocycles. The Labute approximate surface area is 108 Å². The Kier molecular flexibility index (Phi) is 4.51. The number of aryl methyl sites for hydroxylation is 1. The fourth-order valence-electron chi connectivity index (χ4n) is 2.57. The second-order valence-corrected chi connectivity index (χ2v) is 6.15. The third-order valence-corrected chi connectivity index (χ3v) is 4.39. The Balaban J connectivity index is 1.96. The Morgan fingerprint density at radius 2 is 2.41 bits per heavy atom. The highest BCUT2D eigenvalue weighted by Gasteiger charge is 2.33. The molecular formula is C13H23N3S. The molecule has 1 fully saturated rings. The topological polar surface area (TPSA) is 29.9 Å². The summed E-state index contributed by atoms with van der Waals surface area (Å²) in [6.45, 7) is 5.69. The Hall–Kier alpha value is -0.480. The summed E-state index contributed by atoms with van der Waals surface area (Å²) in [6.07, 6.45) is 10.0. The van der Waals surface area contributed by atoms with Gasteiger partial charge in [-0.05, 0) is 37.8 Å². The predicted octanol–water partition coefficient (Wildman–Crippen LogP) is 2.28. The van der Waals surface area contributed by atoms with Gasteiger partial charge < -0.3 is 9.88 Å². The van der Waals surface area contributed by atoms with Crippen molar-refractivity contribution < 1.29 is 0 Å². The summed E-state index contributed by atoms with van der Waals surface area (Å²) in [7, 11) is 0. The summed E-state index contributed by atoms with van der Waals surface area (Å²) in [5.41, 5.74) is 1.70. The van der Waals surface area contributed by atoms with Gasteiger partial charge in [0.25, 0.3) is 0 Å². The highest BCUT2D eigenvalue weighted by Crippen LogP contribution is 2.29. The molecule has 4 heteroatoms. The van der Waals surface area contributed by atoms with Gasteiger partial charge in [-0.25, -0.2) is 4.98 Å². The molecule has 0 spiro atoms. The first-order valence-corrected chi connectivity index (χ1v) is 7.86. The number of nitrogens with zero attached hydrogens (tertiary/aromatic N) is 2. The van der Waals surface area contributed by atoms with E-state index in [-0.39, 0.29) is 5.41 Å². The van der Waals surface area contributed by atoms with Crippen LogP contribution in [-0.4, -0.2) is 34.6 Å². The van der Waals surface area contributed by atoms with Crippen LogP contribution in [-0.2, 0) is 12.0 Å². The monoisotopic (exact) mass is 253 g/mol. The van der Waals surface area contributed by atoms with Crippen molar-refractivity contribution in [2.75, 3.05) is 25.1 Å². The summed E-state index contributed by atoms with van der Waals surface area (Å²) in [6, 6.07) is 0. The summed E-state index contributed by atoms with van der Waals surface area (Å²) in [5.74, 6) is 1.27. The van der Waals surface area contributed by atoms with E-state index in [0.29, 0.717) is 0 Å². The van der Waals surface area contributed by atoms with Crippen LogP contribution in [0.15, 0.2) is 12.5 Å². The van der Waals surface area contributed by atoms with Crippen LogP contribution in [0.25, 0.3) is 0 Å². The minimum absolute atomic E-state index is 0.288. The number of aromatic nitrogens is 2. The van der Waals surface area contributed by atoms with Crippen molar-refractivity contribution in [1.29, 1.82) is 0 Å². The van der Waals surface area contributed by atoms with Gasteiger partial charge in [0, 0.05) is 30.4 Å². The van der Waals surface area contributed by atoms with E-state index in [1.807, 2.05) is 18.1 Å². The van der Waals surface area contributed by atoms with E-state index in [4.69, 9.17) is 0 Å². The lowest BCUT2D eigenvalue weighted by Gasteiger charge is -2.24. The molecule has 0 aromatic carbocycles. The van der Waals surface area contributed by atoms with Gasteiger partial charge in [0.05, 0.1) is 6.33 Å². The van der Waals surface area contributed by atoms with Crippen molar-refractivity contribution in [3.63, 3.8) is 0 Å². The van der Waals surface area contributed by atoms with Gasteiger partial charge in [0.2, 0.25) is 0 Å². The summed E-state index contributed by atoms with van der Waals surface area (Å²) >= 11 is 1.93. The zero-order valence-corrected chi connectivity index (χ0v) is 11.7. The number of unbranched alkanes of at least 4 members (excludes halogenated alkanes) is 1. The molecule has 1 aromatic rings. The van der Waals surface area contributed by atoms with E-state index < -0.39 is 0 Å². The largest absolute Gasteiger partial charge is 0.334 e. The maximum absolute atomic E-state index is 4.34. The van der Waals surface area contributed by atoms with Gasteiger partial charge in [-0.1, -0.05) is 6.92 Å². The summed E-state index contributed by atoms with van der Waals surface area (Å²) in [4.78, 5) is 4.34. The highest BCUT2D eigenvalue weighted by atomic mass is 32.2. The van der Waals surface area contributed by atoms with Crippen molar-refractivity contribution in [2.24, 2.45) is 0 Å². The van der Waals surface area contributed by atoms with E-state index in [1.165, 1.54) is 30.7 Å². The lowest BCUT2D eigenvalue weighted by molar-refractivity contribution is 0.466. The molecule has 0 aliphatic carbocycles. The fourth-order valence-corrected chi connectivity index (χ4v) is 3.06. The Morgan fingerprint density at radius 3 is 3.12 bits per heavy atom. The van der Waals surface area contributed by atoms with Gasteiger partial charge in [-0.15, -0.1) is 0 Å². The van der Waals surface area contributed by atoms with Crippen LogP contribution >= 0.6 is 11.8 Å². The Bertz CT molecular complexity index is 342. The zero-order valence-electron chi connectivity index (χ0n) is 10.9. The third kappa shape index (κ3) is 3.05. The van der Waals surface area contributed by atoms with Crippen LogP contribution < -0.4 is 5.32 Å². The van der Waals surface area contributed by atoms with Crippen LogP contribution in [0.4, 0.5) is 0 Å². The van der Waals surface area contributed by atoms with Crippen molar-refractivity contribution in [3.8, 4) is 0 Å². The average Bonchev–Trinajstić information content (AvgIpc) is 2.94. The van der Waals surface area contributed by atoms with E-state index >= 15 is 0 Å². The first-order chi connectivity index (χ1) is 8.26. The molecule has 1 aromatic heterocycles. The van der Waals surface area contributed by atoms with E-state index in [2.05, 4.69) is 34.2 Å². The molecule has 1 aliphatic rings. The van der Waals surface area contributed by atoms with Gasteiger partial charge in [0.15, 0.2) is 0 Å². The van der Waals surface area contributed by atoms with Gasteiger partial charge in [0.1, 0.15) is 0 Å². The normalized spacial score (nSPS) is 24.4. The number of nitrogens with one attached hydrogen (secondary N) is 1. The lowest BCUT2D eigenvalue weighted by Crippen LogP contribution is -2.28. The molecule has 96 valence electrons. The number of hydrogen-bond acceptors (Lipinski definition) is 3. The van der Waals surface area contributed by atoms with E-state index in [0.717, 1.165) is 19.6 Å². The third-order valence-electron chi connectivity index (χ3n) is 3.70. The number of rotatable bonds is 6. The van der Waals surface area contributed by atoms with Crippen LogP contribution in [0.3, 0.4) is 0 Å². The molecule has 2 rings (SSSR count). The van der Waals surface area contributed by atoms with Crippen LogP contribution in [0, 0.1) is 0 Å². The highest BCUT2D eigenvalue weighted by molar-refractivity contribution is 7.98. The standard InChI is InChI=1S/C13H23N3S/c1-13(5-6-14-10-13)12-9-15-11-16(12)7-3-4-8-17-2/h9,11,14H,3-8,10H2,1-2H3. The smallest absolute Gasteiger partial charge is 0.0948 e. The average molecular weight is 253 g/mol. The van der Waals surface area contributed by atoms with Gasteiger partial charge >= 0.3 is 0 Å². The molecule has 0 amide bonds. The fraction of sp³-hybridized carbons (Fsp3) is 0.769. The summed E-state index contributed by atoms with van der Waals surface area (Å²) < 4.78 is 2.35. The number of thioether (sulfide) groups is 1. The van der Waals surface area contributed by atoms with Crippen LogP contribution in [0.2, 0.25) is 0 Å². The van der Waals surface area contributed by atoms with Crippen LogP contribution in [0.1, 0.15) is 31.9 Å². The molecule has 1 atom stereocenters. The quantitative estimate of drug-likeness (QED) is 0.789. The van der Waals surface area contributed by atoms with Crippen molar-refractivity contribution in [2.45, 2.75) is 38.1 Å². The van der Waals surface area contributed by atoms with E-state index in [9.17, 15) is 0 Å². The molecule has 1 N–H and O–H groups in total. The van der Waals surface area contributed by atoms with E-state index in [1.54, 1.807) is 0 Å². The lowest BCUT2D eigenvalue weighted by atomic mass is 9.86. The van der Waals surface area contributed by atoms with Crippen LogP contribution in [0.5, 0.6) is 0 Å². The molecule has 2 heterocycles. The second kappa shape index (κ2) is 5.91. The minimum Gasteiger partial charge on any atom is -0.334 e. The number of hydrogen-bond donors (Lipinski definition) is 1. The van der Waals surface area contributed by atoms with Gasteiger partial charge in [-0.3, -0.25) is 0 Å². The van der Waals surface area contributed by atoms with Crippen molar-refractivity contribution in [3.05, 3.63) is 18.2 Å². The minimum atomic E-state index is 0.288. The molecule has 17 heavy (non-hydrogen) atoms. The molecule has 0 bridgehead atoms. The molecule has 1 unspecified atom stereocenters. The number of imidazole rings is 1. The van der Waals surface area contributed by atoms with Crippen molar-refractivity contribution >= 4 is 11.8 Å². The predicted molar refractivity (Wildman–Crippen MR) is 74.7 cm³/mol. The molecular weight excluding hydrogens is 230 g/mol. The maximum Gasteiger partial charge on any atom is 0.0948 e. The molecule has 0 radical (unpaired) electrons. The first kappa shape index (κ1) is 13.0. The summed E-state index contributed by atoms with van der Waals surface area (Å²) in [5, 5.41) is 3.46. The molecule has 3 nitrogen and oxygen atoms in total. The molecule has 1 aliphatic heterocycles. The maximum atomic E-state index is 4.34.